The first-order valence-corrected chi connectivity index (χ1v) is 10.7. The van der Waals surface area contributed by atoms with Crippen molar-refractivity contribution in [3.8, 4) is 0 Å². The summed E-state index contributed by atoms with van der Waals surface area (Å²) >= 11 is 0. The number of rotatable bonds is 7. The molecule has 0 spiro atoms. The molecule has 0 atom stereocenters. The van der Waals surface area contributed by atoms with E-state index in [1.54, 1.807) is 19.1 Å². The lowest BCUT2D eigenvalue weighted by Crippen LogP contribution is -2.45. The van der Waals surface area contributed by atoms with Gasteiger partial charge in [0.2, 0.25) is 0 Å². The third-order valence-corrected chi connectivity index (χ3v) is 5.71. The smallest absolute Gasteiger partial charge is 0.407 e. The van der Waals surface area contributed by atoms with E-state index in [4.69, 9.17) is 4.74 Å². The van der Waals surface area contributed by atoms with Crippen molar-refractivity contribution in [2.75, 3.05) is 13.2 Å². The van der Waals surface area contributed by atoms with Crippen LogP contribution in [0.3, 0.4) is 0 Å². The van der Waals surface area contributed by atoms with E-state index < -0.39 is 22.1 Å². The van der Waals surface area contributed by atoms with Crippen LogP contribution >= 0.6 is 0 Å². The maximum Gasteiger partial charge on any atom is 0.407 e. The summed E-state index contributed by atoms with van der Waals surface area (Å²) in [6.07, 6.45) is 5.05. The number of carbonyl (C=O) groups is 2. The lowest BCUT2D eigenvalue weighted by molar-refractivity contribution is 0.152. The summed E-state index contributed by atoms with van der Waals surface area (Å²) < 4.78 is 31.5. The number of urea groups is 1. The second kappa shape index (κ2) is 10.1. The molecule has 2 rings (SSSR count). The van der Waals surface area contributed by atoms with E-state index in [0.29, 0.717) is 19.6 Å². The van der Waals surface area contributed by atoms with Gasteiger partial charge in [-0.25, -0.2) is 22.7 Å². The molecule has 1 aromatic carbocycles. The van der Waals surface area contributed by atoms with Crippen molar-refractivity contribution in [2.24, 2.45) is 0 Å². The highest BCUT2D eigenvalue weighted by atomic mass is 32.2. The summed E-state index contributed by atoms with van der Waals surface area (Å²) in [5.74, 6) is 0. The van der Waals surface area contributed by atoms with Crippen LogP contribution in [-0.2, 0) is 21.2 Å². The monoisotopic (exact) mass is 397 g/mol. The average Bonchev–Trinajstić information content (AvgIpc) is 2.62. The number of benzene rings is 1. The number of hydrogen-bond acceptors (Lipinski definition) is 5. The second-order valence-electron chi connectivity index (χ2n) is 6.46. The van der Waals surface area contributed by atoms with E-state index in [1.165, 1.54) is 12.1 Å². The van der Waals surface area contributed by atoms with Crippen molar-refractivity contribution < 1.29 is 22.7 Å². The summed E-state index contributed by atoms with van der Waals surface area (Å²) in [5.41, 5.74) is 0.859. The van der Waals surface area contributed by atoms with Gasteiger partial charge in [0.15, 0.2) is 0 Å². The summed E-state index contributed by atoms with van der Waals surface area (Å²) in [7, 11) is -3.92. The highest BCUT2D eigenvalue weighted by Gasteiger charge is 2.21. The zero-order valence-corrected chi connectivity index (χ0v) is 16.3. The van der Waals surface area contributed by atoms with Crippen molar-refractivity contribution >= 4 is 22.1 Å². The Morgan fingerprint density at radius 3 is 2.41 bits per heavy atom. The highest BCUT2D eigenvalue weighted by Crippen LogP contribution is 2.17. The molecule has 0 unspecified atom stereocenters. The fraction of sp³-hybridized carbons (Fsp3) is 0.556. The van der Waals surface area contributed by atoms with Crippen molar-refractivity contribution in [3.05, 3.63) is 29.8 Å². The van der Waals surface area contributed by atoms with Crippen molar-refractivity contribution in [1.82, 2.24) is 15.4 Å². The predicted molar refractivity (Wildman–Crippen MR) is 101 cm³/mol. The summed E-state index contributed by atoms with van der Waals surface area (Å²) in [6.45, 7) is 2.41. The first-order chi connectivity index (χ1) is 12.9. The van der Waals surface area contributed by atoms with Crippen LogP contribution in [-0.4, -0.2) is 39.7 Å². The van der Waals surface area contributed by atoms with Crippen LogP contribution in [0, 0.1) is 0 Å². The quantitative estimate of drug-likeness (QED) is 0.653. The van der Waals surface area contributed by atoms with E-state index in [2.05, 4.69) is 15.4 Å². The number of amides is 3. The minimum atomic E-state index is -3.92. The standard InChI is InChI=1S/C18H27N3O5S/c1-2-26-18(23)19-13-12-14-8-10-16(11-9-14)27(24,25)21-17(22)20-15-6-4-3-5-7-15/h8-11,15H,2-7,12-13H2,1H3,(H,19,23)(H2,20,21,22). The maximum atomic E-state index is 12.3. The molecule has 1 aliphatic carbocycles. The average molecular weight is 397 g/mol. The third kappa shape index (κ3) is 7.09. The maximum absolute atomic E-state index is 12.3. The van der Waals surface area contributed by atoms with Crippen LogP contribution in [0.5, 0.6) is 0 Å². The Balaban J connectivity index is 1.84. The molecular weight excluding hydrogens is 370 g/mol. The van der Waals surface area contributed by atoms with E-state index in [-0.39, 0.29) is 10.9 Å². The first kappa shape index (κ1) is 21.0. The molecule has 0 aliphatic heterocycles. The Hall–Kier alpha value is -2.29. The third-order valence-electron chi connectivity index (χ3n) is 4.36. The summed E-state index contributed by atoms with van der Waals surface area (Å²) in [5, 5.41) is 5.32. The van der Waals surface area contributed by atoms with Crippen LogP contribution < -0.4 is 15.4 Å². The molecule has 3 N–H and O–H groups in total. The zero-order valence-electron chi connectivity index (χ0n) is 15.5. The van der Waals surface area contributed by atoms with Gasteiger partial charge in [0.05, 0.1) is 11.5 Å². The SMILES string of the molecule is CCOC(=O)NCCc1ccc(S(=O)(=O)NC(=O)NC2CCCCC2)cc1. The highest BCUT2D eigenvalue weighted by molar-refractivity contribution is 7.90. The van der Waals surface area contributed by atoms with Crippen LogP contribution in [0.4, 0.5) is 9.59 Å². The molecule has 0 aromatic heterocycles. The van der Waals surface area contributed by atoms with Gasteiger partial charge < -0.3 is 15.4 Å². The number of alkyl carbamates (subject to hydrolysis) is 1. The number of carbonyl (C=O) groups excluding carboxylic acids is 2. The molecule has 8 nitrogen and oxygen atoms in total. The van der Waals surface area contributed by atoms with Gasteiger partial charge in [-0.1, -0.05) is 31.4 Å². The Morgan fingerprint density at radius 1 is 1.11 bits per heavy atom. The second-order valence-corrected chi connectivity index (χ2v) is 8.14. The van der Waals surface area contributed by atoms with E-state index in [1.807, 2.05) is 0 Å². The Kier molecular flexibility index (Phi) is 7.90. The molecule has 0 heterocycles. The van der Waals surface area contributed by atoms with Gasteiger partial charge in [-0.3, -0.25) is 0 Å². The molecular formula is C18H27N3O5S. The number of hydrogen-bond donors (Lipinski definition) is 3. The lowest BCUT2D eigenvalue weighted by atomic mass is 9.96. The normalized spacial score (nSPS) is 15.0. The van der Waals surface area contributed by atoms with Crippen LogP contribution in [0.1, 0.15) is 44.6 Å². The van der Waals surface area contributed by atoms with Crippen molar-refractivity contribution in [3.63, 3.8) is 0 Å². The molecule has 1 saturated carbocycles. The van der Waals surface area contributed by atoms with E-state index in [9.17, 15) is 18.0 Å². The summed E-state index contributed by atoms with van der Waals surface area (Å²) in [4.78, 5) is 23.2. The fourth-order valence-corrected chi connectivity index (χ4v) is 3.88. The summed E-state index contributed by atoms with van der Waals surface area (Å²) in [6, 6.07) is 5.53. The molecule has 150 valence electrons. The molecule has 27 heavy (non-hydrogen) atoms. The van der Waals surface area contributed by atoms with Gasteiger partial charge in [-0.15, -0.1) is 0 Å². The van der Waals surface area contributed by atoms with E-state index >= 15 is 0 Å². The lowest BCUT2D eigenvalue weighted by Gasteiger charge is -2.22. The van der Waals surface area contributed by atoms with Gasteiger partial charge in [0.1, 0.15) is 0 Å². The number of sulfonamides is 1. The minimum Gasteiger partial charge on any atom is -0.450 e. The molecule has 1 fully saturated rings. The van der Waals surface area contributed by atoms with Crippen LogP contribution in [0.2, 0.25) is 0 Å². The molecule has 0 bridgehead atoms. The predicted octanol–water partition coefficient (Wildman–Crippen LogP) is 2.30. The first-order valence-electron chi connectivity index (χ1n) is 9.23. The van der Waals surface area contributed by atoms with Crippen LogP contribution in [0.15, 0.2) is 29.2 Å². The molecule has 3 amide bonds. The van der Waals surface area contributed by atoms with Gasteiger partial charge in [-0.05, 0) is 43.9 Å². The van der Waals surface area contributed by atoms with Gasteiger partial charge in [0.25, 0.3) is 10.0 Å². The Bertz CT molecular complexity index is 728. The fourth-order valence-electron chi connectivity index (χ4n) is 2.97. The van der Waals surface area contributed by atoms with E-state index in [0.717, 1.165) is 37.7 Å². The van der Waals surface area contributed by atoms with Gasteiger partial charge >= 0.3 is 12.1 Å². The van der Waals surface area contributed by atoms with Gasteiger partial charge in [-0.2, -0.15) is 0 Å². The van der Waals surface area contributed by atoms with Gasteiger partial charge in [0, 0.05) is 12.6 Å². The molecule has 0 radical (unpaired) electrons. The minimum absolute atomic E-state index is 0.0170. The molecule has 9 heteroatoms. The topological polar surface area (TPSA) is 114 Å². The molecule has 0 saturated heterocycles. The molecule has 1 aliphatic rings. The molecule has 1 aromatic rings. The van der Waals surface area contributed by atoms with Crippen molar-refractivity contribution in [1.29, 1.82) is 0 Å². The van der Waals surface area contributed by atoms with Crippen LogP contribution in [0.25, 0.3) is 0 Å². The zero-order chi connectivity index (χ0) is 19.7. The van der Waals surface area contributed by atoms with Crippen molar-refractivity contribution in [2.45, 2.75) is 56.4 Å². The number of ether oxygens (including phenoxy) is 1. The number of nitrogens with one attached hydrogen (secondary N) is 3. The largest absolute Gasteiger partial charge is 0.450 e. The Labute approximate surface area is 160 Å². The Morgan fingerprint density at radius 2 is 1.78 bits per heavy atom.